The molecule has 1 aromatic carbocycles. The maximum Gasteiger partial charge on any atom is 0.163 e. The van der Waals surface area contributed by atoms with Crippen LogP contribution in [0.5, 0.6) is 5.75 Å². The summed E-state index contributed by atoms with van der Waals surface area (Å²) in [5, 5.41) is 0.487. The summed E-state index contributed by atoms with van der Waals surface area (Å²) in [6.45, 7) is 5.33. The number of aryl methyl sites for hydroxylation is 1. The number of Topliss-reactive ketones (excluding diaryl/α,β-unsaturated/α-hetero) is 1. The fourth-order valence-electron chi connectivity index (χ4n) is 1.47. The van der Waals surface area contributed by atoms with Gasteiger partial charge in [0, 0.05) is 0 Å². The van der Waals surface area contributed by atoms with Crippen molar-refractivity contribution >= 4 is 17.4 Å². The predicted octanol–water partition coefficient (Wildman–Crippen LogP) is 3.17. The van der Waals surface area contributed by atoms with Gasteiger partial charge in [0.15, 0.2) is 5.78 Å². The molecule has 0 aliphatic rings. The van der Waals surface area contributed by atoms with E-state index in [-0.39, 0.29) is 5.78 Å². The second-order valence-electron chi connectivity index (χ2n) is 3.26. The first-order valence-corrected chi connectivity index (χ1v) is 4.71. The van der Waals surface area contributed by atoms with Crippen LogP contribution in [0.3, 0.4) is 0 Å². The van der Waals surface area contributed by atoms with Gasteiger partial charge >= 0.3 is 0 Å². The highest BCUT2D eigenvalue weighted by molar-refractivity contribution is 6.32. The van der Waals surface area contributed by atoms with E-state index in [4.69, 9.17) is 16.3 Å². The van der Waals surface area contributed by atoms with Gasteiger partial charge in [-0.25, -0.2) is 0 Å². The molecular formula is C11H13ClO2. The minimum Gasteiger partial charge on any atom is -0.494 e. The van der Waals surface area contributed by atoms with Crippen molar-refractivity contribution in [2.24, 2.45) is 0 Å². The second-order valence-corrected chi connectivity index (χ2v) is 3.67. The van der Waals surface area contributed by atoms with Crippen molar-refractivity contribution in [2.45, 2.75) is 20.8 Å². The Kier molecular flexibility index (Phi) is 3.17. The van der Waals surface area contributed by atoms with Crippen molar-refractivity contribution in [3.8, 4) is 5.75 Å². The lowest BCUT2D eigenvalue weighted by Crippen LogP contribution is -2.03. The third kappa shape index (κ3) is 1.75. The zero-order valence-electron chi connectivity index (χ0n) is 8.77. The van der Waals surface area contributed by atoms with Crippen molar-refractivity contribution in [1.29, 1.82) is 0 Å². The van der Waals surface area contributed by atoms with Crippen LogP contribution in [-0.2, 0) is 0 Å². The van der Waals surface area contributed by atoms with Gasteiger partial charge in [0.05, 0.1) is 17.7 Å². The average molecular weight is 213 g/mol. The van der Waals surface area contributed by atoms with E-state index in [0.717, 1.165) is 11.1 Å². The number of rotatable bonds is 2. The summed E-state index contributed by atoms with van der Waals surface area (Å²) in [6.07, 6.45) is 0. The molecule has 0 aliphatic heterocycles. The van der Waals surface area contributed by atoms with Crippen LogP contribution in [0.25, 0.3) is 0 Å². The molecule has 0 amide bonds. The van der Waals surface area contributed by atoms with E-state index < -0.39 is 0 Å². The Morgan fingerprint density at radius 1 is 1.43 bits per heavy atom. The Morgan fingerprint density at radius 2 is 2.00 bits per heavy atom. The lowest BCUT2D eigenvalue weighted by molar-refractivity contribution is 0.101. The van der Waals surface area contributed by atoms with Crippen molar-refractivity contribution in [3.05, 3.63) is 27.8 Å². The van der Waals surface area contributed by atoms with E-state index in [1.807, 2.05) is 19.9 Å². The van der Waals surface area contributed by atoms with Gasteiger partial charge in [0.25, 0.3) is 0 Å². The number of carbonyl (C=O) groups excluding carboxylic acids is 1. The highest BCUT2D eigenvalue weighted by atomic mass is 35.5. The summed E-state index contributed by atoms with van der Waals surface area (Å²) < 4.78 is 5.12. The van der Waals surface area contributed by atoms with Crippen LogP contribution < -0.4 is 4.74 Å². The van der Waals surface area contributed by atoms with Gasteiger partial charge in [0.2, 0.25) is 0 Å². The minimum absolute atomic E-state index is 0.0232. The van der Waals surface area contributed by atoms with Gasteiger partial charge < -0.3 is 4.74 Å². The molecule has 0 heterocycles. The minimum atomic E-state index is -0.0232. The Balaban J connectivity index is 3.56. The summed E-state index contributed by atoms with van der Waals surface area (Å²) in [7, 11) is 1.52. The lowest BCUT2D eigenvalue weighted by Gasteiger charge is -2.13. The number of benzene rings is 1. The summed E-state index contributed by atoms with van der Waals surface area (Å²) in [4.78, 5) is 11.4. The van der Waals surface area contributed by atoms with Crippen LogP contribution in [0.1, 0.15) is 28.4 Å². The maximum atomic E-state index is 11.4. The van der Waals surface area contributed by atoms with E-state index in [0.29, 0.717) is 16.3 Å². The topological polar surface area (TPSA) is 26.3 Å². The van der Waals surface area contributed by atoms with Gasteiger partial charge in [0.1, 0.15) is 5.75 Å². The lowest BCUT2D eigenvalue weighted by atomic mass is 9.99. The molecule has 0 N–H and O–H groups in total. The number of methoxy groups -OCH3 is 1. The summed E-state index contributed by atoms with van der Waals surface area (Å²) in [5.74, 6) is 0.451. The Labute approximate surface area is 88.8 Å². The summed E-state index contributed by atoms with van der Waals surface area (Å²) in [5.41, 5.74) is 2.51. The number of ether oxygens (including phenoxy) is 1. The number of halogens is 1. The van der Waals surface area contributed by atoms with Gasteiger partial charge in [-0.3, -0.25) is 4.79 Å². The molecule has 76 valence electrons. The molecule has 2 nitrogen and oxygen atoms in total. The molecule has 3 heteroatoms. The molecule has 0 atom stereocenters. The third-order valence-corrected chi connectivity index (χ3v) is 2.59. The molecule has 1 aromatic rings. The molecule has 0 bridgehead atoms. The molecule has 14 heavy (non-hydrogen) atoms. The molecule has 0 aromatic heterocycles. The number of ketones is 1. The highest BCUT2D eigenvalue weighted by Gasteiger charge is 2.16. The fourth-order valence-corrected chi connectivity index (χ4v) is 1.81. The van der Waals surface area contributed by atoms with Crippen LogP contribution in [0.15, 0.2) is 6.07 Å². The average Bonchev–Trinajstić information content (AvgIpc) is 2.10. The first-order chi connectivity index (χ1) is 6.49. The van der Waals surface area contributed by atoms with Gasteiger partial charge in [-0.05, 0) is 38.0 Å². The largest absolute Gasteiger partial charge is 0.494 e. The molecule has 0 saturated carbocycles. The molecule has 0 fully saturated rings. The molecule has 0 spiro atoms. The molecule has 0 radical (unpaired) electrons. The fraction of sp³-hybridized carbons (Fsp3) is 0.364. The molecule has 0 aliphatic carbocycles. The van der Waals surface area contributed by atoms with Crippen LogP contribution in [0, 0.1) is 13.8 Å². The van der Waals surface area contributed by atoms with Crippen LogP contribution in [0.4, 0.5) is 0 Å². The standard InChI is InChI=1S/C11H13ClO2/c1-6-5-9(12)11(14-4)10(7(6)2)8(3)13/h5H,1-4H3. The number of carbonyl (C=O) groups is 1. The normalized spacial score (nSPS) is 10.1. The van der Waals surface area contributed by atoms with Crippen LogP contribution in [0.2, 0.25) is 5.02 Å². The van der Waals surface area contributed by atoms with E-state index in [1.54, 1.807) is 0 Å². The van der Waals surface area contributed by atoms with E-state index in [9.17, 15) is 4.79 Å². The molecule has 1 rings (SSSR count). The quantitative estimate of drug-likeness (QED) is 0.704. The van der Waals surface area contributed by atoms with Crippen LogP contribution in [-0.4, -0.2) is 12.9 Å². The van der Waals surface area contributed by atoms with Crippen molar-refractivity contribution < 1.29 is 9.53 Å². The first-order valence-electron chi connectivity index (χ1n) is 4.33. The monoisotopic (exact) mass is 212 g/mol. The van der Waals surface area contributed by atoms with E-state index in [2.05, 4.69) is 0 Å². The van der Waals surface area contributed by atoms with Crippen molar-refractivity contribution in [1.82, 2.24) is 0 Å². The predicted molar refractivity (Wildman–Crippen MR) is 57.5 cm³/mol. The number of hydrogen-bond donors (Lipinski definition) is 0. The summed E-state index contributed by atoms with van der Waals surface area (Å²) >= 11 is 5.97. The Hall–Kier alpha value is -1.02. The van der Waals surface area contributed by atoms with Gasteiger partial charge in [-0.1, -0.05) is 11.6 Å². The van der Waals surface area contributed by atoms with E-state index in [1.165, 1.54) is 14.0 Å². The van der Waals surface area contributed by atoms with Crippen molar-refractivity contribution in [3.63, 3.8) is 0 Å². The van der Waals surface area contributed by atoms with E-state index >= 15 is 0 Å². The van der Waals surface area contributed by atoms with Crippen molar-refractivity contribution in [2.75, 3.05) is 7.11 Å². The molecule has 0 saturated heterocycles. The Morgan fingerprint density at radius 3 is 2.43 bits per heavy atom. The van der Waals surface area contributed by atoms with Crippen LogP contribution >= 0.6 is 11.6 Å². The van der Waals surface area contributed by atoms with Gasteiger partial charge in [-0.15, -0.1) is 0 Å². The molecule has 0 unspecified atom stereocenters. The maximum absolute atomic E-state index is 11.4. The zero-order chi connectivity index (χ0) is 10.9. The molecular weight excluding hydrogens is 200 g/mol. The Bertz CT molecular complexity index is 383. The smallest absolute Gasteiger partial charge is 0.163 e. The number of hydrogen-bond acceptors (Lipinski definition) is 2. The zero-order valence-corrected chi connectivity index (χ0v) is 9.53. The van der Waals surface area contributed by atoms with Gasteiger partial charge in [-0.2, -0.15) is 0 Å². The second kappa shape index (κ2) is 4.01. The SMILES string of the molecule is COc1c(Cl)cc(C)c(C)c1C(C)=O. The highest BCUT2D eigenvalue weighted by Crippen LogP contribution is 2.33. The first kappa shape index (κ1) is 11.1. The summed E-state index contributed by atoms with van der Waals surface area (Å²) in [6, 6.07) is 1.81. The third-order valence-electron chi connectivity index (χ3n) is 2.31.